The van der Waals surface area contributed by atoms with E-state index in [4.69, 9.17) is 4.63 Å². The van der Waals surface area contributed by atoms with Crippen molar-refractivity contribution in [3.63, 3.8) is 0 Å². The third-order valence-electron chi connectivity index (χ3n) is 4.19. The number of hydrogen-bond donors (Lipinski definition) is 2. The molecule has 0 amide bonds. The molecule has 2 N–H and O–H groups in total. The molecule has 0 saturated carbocycles. The number of benzene rings is 1. The molecule has 4 rings (SSSR count). The average Bonchev–Trinajstić information content (AvgIpc) is 2.87. The maximum Gasteiger partial charge on any atom is 0.219 e. The first-order valence-corrected chi connectivity index (χ1v) is 7.41. The number of Topliss-reactive ketones (excluding diaryl/α,β-unsaturated/α-hetero) is 1. The first kappa shape index (κ1) is 13.1. The molecule has 22 heavy (non-hydrogen) atoms. The summed E-state index contributed by atoms with van der Waals surface area (Å²) in [6.45, 7) is 2.04. The zero-order valence-corrected chi connectivity index (χ0v) is 12.2. The van der Waals surface area contributed by atoms with E-state index >= 15 is 0 Å². The van der Waals surface area contributed by atoms with Crippen LogP contribution in [0.3, 0.4) is 0 Å². The van der Waals surface area contributed by atoms with Gasteiger partial charge in [0.05, 0.1) is 6.04 Å². The van der Waals surface area contributed by atoms with Crippen molar-refractivity contribution in [3.05, 3.63) is 46.7 Å². The summed E-state index contributed by atoms with van der Waals surface area (Å²) >= 11 is 0. The molecule has 2 heterocycles. The summed E-state index contributed by atoms with van der Waals surface area (Å²) in [5.41, 5.74) is 3.92. The van der Waals surface area contributed by atoms with Crippen molar-refractivity contribution < 1.29 is 9.42 Å². The Balaban J connectivity index is 1.85. The number of ketones is 1. The van der Waals surface area contributed by atoms with Crippen LogP contribution in [0.1, 0.15) is 36.4 Å². The Morgan fingerprint density at radius 2 is 1.91 bits per heavy atom. The Kier molecular flexibility index (Phi) is 2.96. The molecule has 0 radical (unpaired) electrons. The van der Waals surface area contributed by atoms with Crippen molar-refractivity contribution >= 4 is 17.4 Å². The number of fused-ring (bicyclic) bond motifs is 1. The number of aromatic nitrogens is 2. The van der Waals surface area contributed by atoms with Gasteiger partial charge < -0.3 is 10.6 Å². The van der Waals surface area contributed by atoms with Gasteiger partial charge in [-0.25, -0.2) is 4.63 Å². The average molecular weight is 296 g/mol. The lowest BCUT2D eigenvalue weighted by Crippen LogP contribution is -2.23. The minimum atomic E-state index is -0.232. The Labute approximate surface area is 127 Å². The van der Waals surface area contributed by atoms with Gasteiger partial charge in [-0.2, -0.15) is 0 Å². The third-order valence-corrected chi connectivity index (χ3v) is 4.19. The molecule has 1 aliphatic heterocycles. The summed E-state index contributed by atoms with van der Waals surface area (Å²) < 4.78 is 4.80. The smallest absolute Gasteiger partial charge is 0.219 e. The lowest BCUT2D eigenvalue weighted by molar-refractivity contribution is -0.116. The van der Waals surface area contributed by atoms with E-state index in [0.717, 1.165) is 29.7 Å². The standard InChI is InChI=1S/C16H16N4O2/c1-9-5-7-10(8-6-9)14-13-11(3-2-4-12(13)21)17-15-16(18-14)20-22-19-15/h5-8,14H,2-4H2,1H3,(H,17,19)(H,18,20). The molecular weight excluding hydrogens is 280 g/mol. The minimum absolute atomic E-state index is 0.175. The molecule has 1 aromatic heterocycles. The number of anilines is 2. The van der Waals surface area contributed by atoms with E-state index < -0.39 is 0 Å². The molecule has 0 bridgehead atoms. The van der Waals surface area contributed by atoms with Gasteiger partial charge in [0, 0.05) is 17.7 Å². The van der Waals surface area contributed by atoms with Crippen LogP contribution in [0.25, 0.3) is 0 Å². The van der Waals surface area contributed by atoms with Crippen molar-refractivity contribution in [3.8, 4) is 0 Å². The van der Waals surface area contributed by atoms with Crippen LogP contribution in [0, 0.1) is 6.92 Å². The maximum atomic E-state index is 12.5. The predicted octanol–water partition coefficient (Wildman–Crippen LogP) is 2.96. The van der Waals surface area contributed by atoms with Crippen molar-refractivity contribution in [1.29, 1.82) is 0 Å². The van der Waals surface area contributed by atoms with Gasteiger partial charge in [0.1, 0.15) is 0 Å². The molecule has 2 aliphatic rings. The van der Waals surface area contributed by atoms with Crippen molar-refractivity contribution in [1.82, 2.24) is 10.3 Å². The number of carbonyl (C=O) groups is 1. The fourth-order valence-electron chi connectivity index (χ4n) is 3.05. The van der Waals surface area contributed by atoms with Crippen LogP contribution in [0.2, 0.25) is 0 Å². The molecule has 0 fully saturated rings. The number of aryl methyl sites for hydroxylation is 1. The molecule has 2 aromatic rings. The van der Waals surface area contributed by atoms with Gasteiger partial charge in [-0.3, -0.25) is 4.79 Å². The van der Waals surface area contributed by atoms with Gasteiger partial charge in [0.2, 0.25) is 11.6 Å². The van der Waals surface area contributed by atoms with Gasteiger partial charge in [0.15, 0.2) is 5.78 Å². The molecule has 112 valence electrons. The van der Waals surface area contributed by atoms with E-state index in [2.05, 4.69) is 20.9 Å². The third kappa shape index (κ3) is 2.07. The van der Waals surface area contributed by atoms with E-state index in [1.54, 1.807) is 0 Å². The van der Waals surface area contributed by atoms with Crippen LogP contribution in [0.4, 0.5) is 11.6 Å². The molecule has 1 aliphatic carbocycles. The number of carbonyl (C=O) groups excluding carboxylic acids is 1. The fourth-order valence-corrected chi connectivity index (χ4v) is 3.05. The van der Waals surface area contributed by atoms with Crippen LogP contribution >= 0.6 is 0 Å². The molecule has 1 unspecified atom stereocenters. The Morgan fingerprint density at radius 1 is 1.14 bits per heavy atom. The van der Waals surface area contributed by atoms with Gasteiger partial charge in [0.25, 0.3) is 0 Å². The highest BCUT2D eigenvalue weighted by atomic mass is 16.6. The van der Waals surface area contributed by atoms with Crippen LogP contribution < -0.4 is 10.6 Å². The second-order valence-electron chi connectivity index (χ2n) is 5.74. The number of allylic oxidation sites excluding steroid dienone is 1. The zero-order chi connectivity index (χ0) is 15.1. The Hall–Kier alpha value is -2.63. The summed E-state index contributed by atoms with van der Waals surface area (Å²) in [5, 5.41) is 14.3. The number of nitrogens with one attached hydrogen (secondary N) is 2. The normalized spacial score (nSPS) is 20.6. The number of nitrogens with zero attached hydrogens (tertiary/aromatic N) is 2. The highest BCUT2D eigenvalue weighted by Gasteiger charge is 2.33. The van der Waals surface area contributed by atoms with E-state index in [-0.39, 0.29) is 11.8 Å². The van der Waals surface area contributed by atoms with Crippen LogP contribution in [0.15, 0.2) is 40.2 Å². The van der Waals surface area contributed by atoms with Crippen LogP contribution in [-0.4, -0.2) is 16.1 Å². The van der Waals surface area contributed by atoms with E-state index in [9.17, 15) is 4.79 Å². The SMILES string of the molecule is Cc1ccc(C2Nc3nonc3NC3=C2C(=O)CCC3)cc1. The second kappa shape index (κ2) is 4.98. The lowest BCUT2D eigenvalue weighted by Gasteiger charge is -2.25. The quantitative estimate of drug-likeness (QED) is 0.842. The number of hydrogen-bond acceptors (Lipinski definition) is 6. The van der Waals surface area contributed by atoms with Crippen LogP contribution in [-0.2, 0) is 4.79 Å². The summed E-state index contributed by atoms with van der Waals surface area (Å²) in [6, 6.07) is 7.94. The highest BCUT2D eigenvalue weighted by molar-refractivity contribution is 6.00. The van der Waals surface area contributed by atoms with Gasteiger partial charge in [-0.1, -0.05) is 29.8 Å². The van der Waals surface area contributed by atoms with Gasteiger partial charge in [-0.05, 0) is 35.6 Å². The summed E-state index contributed by atoms with van der Waals surface area (Å²) in [7, 11) is 0. The number of rotatable bonds is 1. The maximum absolute atomic E-state index is 12.5. The Morgan fingerprint density at radius 3 is 2.73 bits per heavy atom. The monoisotopic (exact) mass is 296 g/mol. The lowest BCUT2D eigenvalue weighted by atomic mass is 9.86. The molecular formula is C16H16N4O2. The molecule has 1 aromatic carbocycles. The van der Waals surface area contributed by atoms with Crippen molar-refractivity contribution in [2.24, 2.45) is 0 Å². The fraction of sp³-hybridized carbons (Fsp3) is 0.312. The first-order chi connectivity index (χ1) is 10.7. The van der Waals surface area contributed by atoms with Gasteiger partial charge >= 0.3 is 0 Å². The van der Waals surface area contributed by atoms with E-state index in [1.807, 2.05) is 31.2 Å². The predicted molar refractivity (Wildman–Crippen MR) is 81.3 cm³/mol. The van der Waals surface area contributed by atoms with Crippen molar-refractivity contribution in [2.45, 2.75) is 32.2 Å². The second-order valence-corrected chi connectivity index (χ2v) is 5.74. The molecule has 0 spiro atoms. The molecule has 1 atom stereocenters. The zero-order valence-electron chi connectivity index (χ0n) is 12.2. The highest BCUT2D eigenvalue weighted by Crippen LogP contribution is 2.39. The topological polar surface area (TPSA) is 80.1 Å². The molecule has 0 saturated heterocycles. The summed E-state index contributed by atoms with van der Waals surface area (Å²) in [4.78, 5) is 12.5. The van der Waals surface area contributed by atoms with Gasteiger partial charge in [-0.15, -0.1) is 0 Å². The minimum Gasteiger partial charge on any atom is -0.353 e. The first-order valence-electron chi connectivity index (χ1n) is 7.41. The molecule has 6 nitrogen and oxygen atoms in total. The molecule has 6 heteroatoms. The van der Waals surface area contributed by atoms with E-state index in [1.165, 1.54) is 5.56 Å². The summed E-state index contributed by atoms with van der Waals surface area (Å²) in [6.07, 6.45) is 2.27. The summed E-state index contributed by atoms with van der Waals surface area (Å²) in [5.74, 6) is 1.25. The van der Waals surface area contributed by atoms with E-state index in [0.29, 0.717) is 18.1 Å². The van der Waals surface area contributed by atoms with Crippen LogP contribution in [0.5, 0.6) is 0 Å². The Bertz CT molecular complexity index is 761. The van der Waals surface area contributed by atoms with Crippen molar-refractivity contribution in [2.75, 3.05) is 10.6 Å². The largest absolute Gasteiger partial charge is 0.353 e.